The Hall–Kier alpha value is -2.19. The molecular formula is C18H14ClNO. The van der Waals surface area contributed by atoms with Crippen LogP contribution >= 0.6 is 11.6 Å². The zero-order chi connectivity index (χ0) is 14.8. The molecule has 0 atom stereocenters. The molecule has 0 aliphatic carbocycles. The second-order valence-electron chi connectivity index (χ2n) is 5.08. The first-order valence-electron chi connectivity index (χ1n) is 6.77. The molecule has 2 nitrogen and oxygen atoms in total. The third kappa shape index (κ3) is 2.96. The van der Waals surface area contributed by atoms with Gasteiger partial charge in [0.05, 0.1) is 17.0 Å². The molecule has 3 rings (SSSR count). The van der Waals surface area contributed by atoms with Crippen LogP contribution < -0.4 is 0 Å². The minimum absolute atomic E-state index is 0.0113. The molecule has 0 aliphatic rings. The van der Waals surface area contributed by atoms with Crippen LogP contribution in [0.25, 0.3) is 10.9 Å². The molecule has 2 aromatic carbocycles. The summed E-state index contributed by atoms with van der Waals surface area (Å²) in [7, 11) is 0. The summed E-state index contributed by atoms with van der Waals surface area (Å²) in [4.78, 5) is 16.9. The van der Waals surface area contributed by atoms with E-state index in [1.165, 1.54) is 0 Å². The van der Waals surface area contributed by atoms with Crippen molar-refractivity contribution in [2.45, 2.75) is 13.3 Å². The zero-order valence-electron chi connectivity index (χ0n) is 11.6. The first-order valence-corrected chi connectivity index (χ1v) is 7.15. The largest absolute Gasteiger partial charge is 0.294 e. The van der Waals surface area contributed by atoms with Gasteiger partial charge in [0.15, 0.2) is 5.78 Å². The summed E-state index contributed by atoms with van der Waals surface area (Å²) in [6.45, 7) is 1.95. The molecular weight excluding hydrogens is 282 g/mol. The quantitative estimate of drug-likeness (QED) is 0.660. The van der Waals surface area contributed by atoms with Crippen molar-refractivity contribution in [2.75, 3.05) is 0 Å². The van der Waals surface area contributed by atoms with Crippen LogP contribution in [0.4, 0.5) is 0 Å². The topological polar surface area (TPSA) is 30.0 Å². The number of rotatable bonds is 3. The number of fused-ring (bicyclic) bond motifs is 1. The summed E-state index contributed by atoms with van der Waals surface area (Å²) in [5.41, 5.74) is 3.26. The number of pyridine rings is 1. The van der Waals surface area contributed by atoms with Crippen LogP contribution in [0, 0.1) is 6.92 Å². The van der Waals surface area contributed by atoms with Crippen LogP contribution in [0.1, 0.15) is 21.6 Å². The molecule has 1 aromatic heterocycles. The molecule has 0 aliphatic heterocycles. The van der Waals surface area contributed by atoms with E-state index in [0.717, 1.165) is 22.2 Å². The van der Waals surface area contributed by atoms with Crippen LogP contribution in [0.15, 0.2) is 54.6 Å². The SMILES string of the molecule is Cc1ccc(C(=O)Cc2ccc3ccccc3n2)c(Cl)c1. The van der Waals surface area contributed by atoms with E-state index in [2.05, 4.69) is 4.98 Å². The number of ketones is 1. The van der Waals surface area contributed by atoms with Gasteiger partial charge in [0.1, 0.15) is 0 Å². The van der Waals surface area contributed by atoms with Crippen molar-refractivity contribution < 1.29 is 4.79 Å². The van der Waals surface area contributed by atoms with Crippen molar-refractivity contribution in [3.8, 4) is 0 Å². The smallest absolute Gasteiger partial charge is 0.170 e. The maximum atomic E-state index is 12.4. The molecule has 0 unspecified atom stereocenters. The molecule has 3 heteroatoms. The van der Waals surface area contributed by atoms with E-state index < -0.39 is 0 Å². The number of aryl methyl sites for hydroxylation is 1. The summed E-state index contributed by atoms with van der Waals surface area (Å²) in [5, 5.41) is 1.57. The fourth-order valence-electron chi connectivity index (χ4n) is 2.31. The number of carbonyl (C=O) groups excluding carboxylic acids is 1. The maximum absolute atomic E-state index is 12.4. The average molecular weight is 296 g/mol. The molecule has 104 valence electrons. The minimum atomic E-state index is -0.0113. The molecule has 0 bridgehead atoms. The van der Waals surface area contributed by atoms with Gasteiger partial charge in [-0.15, -0.1) is 0 Å². The average Bonchev–Trinajstić information content (AvgIpc) is 2.47. The van der Waals surface area contributed by atoms with Crippen LogP contribution in [-0.4, -0.2) is 10.8 Å². The first kappa shape index (κ1) is 13.8. The van der Waals surface area contributed by atoms with Crippen LogP contribution in [0.2, 0.25) is 5.02 Å². The molecule has 0 spiro atoms. The second kappa shape index (κ2) is 5.66. The monoisotopic (exact) mass is 295 g/mol. The van der Waals surface area contributed by atoms with E-state index in [0.29, 0.717) is 10.6 Å². The number of hydrogen-bond acceptors (Lipinski definition) is 2. The Bertz CT molecular complexity index is 826. The maximum Gasteiger partial charge on any atom is 0.170 e. The highest BCUT2D eigenvalue weighted by atomic mass is 35.5. The second-order valence-corrected chi connectivity index (χ2v) is 5.49. The third-order valence-corrected chi connectivity index (χ3v) is 3.74. The third-order valence-electron chi connectivity index (χ3n) is 3.42. The van der Waals surface area contributed by atoms with Gasteiger partial charge in [0, 0.05) is 16.6 Å². The van der Waals surface area contributed by atoms with Gasteiger partial charge in [-0.05, 0) is 36.8 Å². The fourth-order valence-corrected chi connectivity index (χ4v) is 2.65. The normalized spacial score (nSPS) is 10.8. The number of para-hydroxylation sites is 1. The van der Waals surface area contributed by atoms with Crippen LogP contribution in [0.3, 0.4) is 0 Å². The lowest BCUT2D eigenvalue weighted by atomic mass is 10.0. The standard InChI is InChI=1S/C18H14ClNO/c1-12-6-9-15(16(19)10-12)18(21)11-14-8-7-13-4-2-3-5-17(13)20-14/h2-10H,11H2,1H3. The van der Waals surface area contributed by atoms with Crippen molar-refractivity contribution in [1.82, 2.24) is 4.98 Å². The fraction of sp³-hybridized carbons (Fsp3) is 0.111. The summed E-state index contributed by atoms with van der Waals surface area (Å²) in [6.07, 6.45) is 0.258. The van der Waals surface area contributed by atoms with Gasteiger partial charge in [0.2, 0.25) is 0 Å². The Morgan fingerprint density at radius 2 is 1.90 bits per heavy atom. The van der Waals surface area contributed by atoms with E-state index in [1.807, 2.05) is 55.5 Å². The van der Waals surface area contributed by atoms with Gasteiger partial charge >= 0.3 is 0 Å². The van der Waals surface area contributed by atoms with Gasteiger partial charge in [0.25, 0.3) is 0 Å². The van der Waals surface area contributed by atoms with Crippen molar-refractivity contribution in [2.24, 2.45) is 0 Å². The van der Waals surface area contributed by atoms with Crippen LogP contribution in [-0.2, 0) is 6.42 Å². The van der Waals surface area contributed by atoms with Crippen molar-refractivity contribution >= 4 is 28.3 Å². The van der Waals surface area contributed by atoms with Crippen molar-refractivity contribution in [1.29, 1.82) is 0 Å². The predicted octanol–water partition coefficient (Wildman–Crippen LogP) is 4.62. The van der Waals surface area contributed by atoms with Gasteiger partial charge < -0.3 is 0 Å². The number of nitrogens with zero attached hydrogens (tertiary/aromatic N) is 1. The van der Waals surface area contributed by atoms with Gasteiger partial charge in [-0.25, -0.2) is 0 Å². The summed E-state index contributed by atoms with van der Waals surface area (Å²) in [6, 6.07) is 17.2. The van der Waals surface area contributed by atoms with Crippen LogP contribution in [0.5, 0.6) is 0 Å². The van der Waals surface area contributed by atoms with E-state index in [4.69, 9.17) is 11.6 Å². The van der Waals surface area contributed by atoms with Crippen molar-refractivity contribution in [3.63, 3.8) is 0 Å². The van der Waals surface area contributed by atoms with Crippen molar-refractivity contribution in [3.05, 3.63) is 76.4 Å². The molecule has 1 heterocycles. The van der Waals surface area contributed by atoms with E-state index in [-0.39, 0.29) is 12.2 Å². The highest BCUT2D eigenvalue weighted by Gasteiger charge is 2.12. The molecule has 0 N–H and O–H groups in total. The molecule has 0 radical (unpaired) electrons. The number of halogens is 1. The Morgan fingerprint density at radius 3 is 2.71 bits per heavy atom. The zero-order valence-corrected chi connectivity index (χ0v) is 12.4. The van der Waals surface area contributed by atoms with Gasteiger partial charge in [-0.1, -0.05) is 41.9 Å². The first-order chi connectivity index (χ1) is 10.1. The van der Waals surface area contributed by atoms with Gasteiger partial charge in [-0.3, -0.25) is 9.78 Å². The number of aromatic nitrogens is 1. The summed E-state index contributed by atoms with van der Waals surface area (Å²) >= 11 is 6.14. The van der Waals surface area contributed by atoms with E-state index in [1.54, 1.807) is 6.07 Å². The van der Waals surface area contributed by atoms with E-state index in [9.17, 15) is 4.79 Å². The number of carbonyl (C=O) groups is 1. The lowest BCUT2D eigenvalue weighted by Crippen LogP contribution is -2.06. The van der Waals surface area contributed by atoms with Gasteiger partial charge in [-0.2, -0.15) is 0 Å². The summed E-state index contributed by atoms with van der Waals surface area (Å²) < 4.78 is 0. The molecule has 0 fully saturated rings. The Kier molecular flexibility index (Phi) is 3.72. The molecule has 21 heavy (non-hydrogen) atoms. The number of benzene rings is 2. The number of Topliss-reactive ketones (excluding diaryl/α,β-unsaturated/α-hetero) is 1. The highest BCUT2D eigenvalue weighted by Crippen LogP contribution is 2.20. The summed E-state index contributed by atoms with van der Waals surface area (Å²) in [5.74, 6) is -0.0113. The van der Waals surface area contributed by atoms with E-state index >= 15 is 0 Å². The predicted molar refractivity (Wildman–Crippen MR) is 86.0 cm³/mol. The Labute approximate surface area is 128 Å². The Morgan fingerprint density at radius 1 is 1.10 bits per heavy atom. The lowest BCUT2D eigenvalue weighted by molar-refractivity contribution is 0.0992. The molecule has 3 aromatic rings. The Balaban J connectivity index is 1.89. The minimum Gasteiger partial charge on any atom is -0.294 e. The molecule has 0 amide bonds. The highest BCUT2D eigenvalue weighted by molar-refractivity contribution is 6.34. The molecule has 0 saturated carbocycles. The lowest BCUT2D eigenvalue weighted by Gasteiger charge is -2.05. The molecule has 0 saturated heterocycles. The number of hydrogen-bond donors (Lipinski definition) is 0.